The van der Waals surface area contributed by atoms with Gasteiger partial charge in [-0.3, -0.25) is 9.59 Å². The summed E-state index contributed by atoms with van der Waals surface area (Å²) in [4.78, 5) is 26.3. The molecular formula is C16H18N2O2. The largest absolute Gasteiger partial charge is 0.342 e. The zero-order valence-electron chi connectivity index (χ0n) is 11.3. The van der Waals surface area contributed by atoms with Gasteiger partial charge < -0.3 is 10.2 Å². The molecule has 2 aliphatic carbocycles. The molecule has 0 aromatic heterocycles. The van der Waals surface area contributed by atoms with Gasteiger partial charge in [0.05, 0.1) is 6.54 Å². The van der Waals surface area contributed by atoms with Gasteiger partial charge >= 0.3 is 0 Å². The number of hydrogen-bond acceptors (Lipinski definition) is 2. The molecule has 1 saturated carbocycles. The second-order valence-corrected chi connectivity index (χ2v) is 6.18. The lowest BCUT2D eigenvalue weighted by atomic mass is 10.0. The fourth-order valence-corrected chi connectivity index (χ4v) is 3.51. The number of carbonyl (C=O) groups is 2. The fourth-order valence-electron chi connectivity index (χ4n) is 3.51. The first-order chi connectivity index (χ1) is 9.72. The molecule has 2 amide bonds. The number of hydrogen-bond donors (Lipinski definition) is 1. The third kappa shape index (κ3) is 1.90. The summed E-state index contributed by atoms with van der Waals surface area (Å²) in [7, 11) is 0. The molecule has 0 spiro atoms. The molecule has 1 saturated heterocycles. The zero-order chi connectivity index (χ0) is 13.7. The highest BCUT2D eigenvalue weighted by Crippen LogP contribution is 2.35. The Morgan fingerprint density at radius 2 is 1.70 bits per heavy atom. The van der Waals surface area contributed by atoms with E-state index in [0.29, 0.717) is 5.92 Å². The second-order valence-electron chi connectivity index (χ2n) is 6.18. The lowest BCUT2D eigenvalue weighted by Crippen LogP contribution is -2.61. The predicted molar refractivity (Wildman–Crippen MR) is 74.0 cm³/mol. The van der Waals surface area contributed by atoms with Crippen LogP contribution in [0.5, 0.6) is 0 Å². The molecule has 4 nitrogen and oxygen atoms in total. The summed E-state index contributed by atoms with van der Waals surface area (Å²) in [5.41, 5.74) is 2.64. The maximum absolute atomic E-state index is 12.6. The number of amides is 2. The van der Waals surface area contributed by atoms with E-state index in [2.05, 4.69) is 17.4 Å². The van der Waals surface area contributed by atoms with Crippen molar-refractivity contribution >= 4 is 11.8 Å². The molecule has 0 radical (unpaired) electrons. The summed E-state index contributed by atoms with van der Waals surface area (Å²) in [5, 5.41) is 2.87. The molecule has 1 heterocycles. The van der Waals surface area contributed by atoms with E-state index in [0.717, 1.165) is 25.7 Å². The van der Waals surface area contributed by atoms with Crippen molar-refractivity contribution in [2.75, 3.05) is 6.54 Å². The smallest absolute Gasteiger partial charge is 0.246 e. The fraction of sp³-hybridized carbons (Fsp3) is 0.500. The van der Waals surface area contributed by atoms with Crippen LogP contribution in [0.15, 0.2) is 24.3 Å². The van der Waals surface area contributed by atoms with Crippen molar-refractivity contribution < 1.29 is 9.59 Å². The maximum atomic E-state index is 12.6. The molecule has 1 aliphatic heterocycles. The summed E-state index contributed by atoms with van der Waals surface area (Å²) < 4.78 is 0. The van der Waals surface area contributed by atoms with Crippen molar-refractivity contribution in [1.29, 1.82) is 0 Å². The minimum atomic E-state index is -0.264. The van der Waals surface area contributed by atoms with E-state index in [9.17, 15) is 9.59 Å². The maximum Gasteiger partial charge on any atom is 0.246 e. The summed E-state index contributed by atoms with van der Waals surface area (Å²) in [6.07, 6.45) is 3.89. The minimum absolute atomic E-state index is 0.00236. The molecule has 4 heteroatoms. The Balaban J connectivity index is 1.56. The quantitative estimate of drug-likeness (QED) is 0.867. The highest BCUT2D eigenvalue weighted by molar-refractivity contribution is 5.95. The normalized spacial score (nSPS) is 26.6. The van der Waals surface area contributed by atoms with Gasteiger partial charge in [0, 0.05) is 6.04 Å². The van der Waals surface area contributed by atoms with Crippen molar-refractivity contribution in [2.45, 2.75) is 37.8 Å². The van der Waals surface area contributed by atoms with Crippen LogP contribution in [0.2, 0.25) is 0 Å². The van der Waals surface area contributed by atoms with Gasteiger partial charge in [-0.25, -0.2) is 0 Å². The van der Waals surface area contributed by atoms with Crippen LogP contribution in [0.4, 0.5) is 0 Å². The van der Waals surface area contributed by atoms with Crippen molar-refractivity contribution in [3.63, 3.8) is 0 Å². The molecule has 1 N–H and O–H groups in total. The van der Waals surface area contributed by atoms with E-state index >= 15 is 0 Å². The van der Waals surface area contributed by atoms with E-state index in [1.54, 1.807) is 0 Å². The summed E-state index contributed by atoms with van der Waals surface area (Å²) >= 11 is 0. The number of nitrogens with zero attached hydrogens (tertiary/aromatic N) is 1. The number of carbonyl (C=O) groups excluding carboxylic acids is 2. The Morgan fingerprint density at radius 1 is 1.05 bits per heavy atom. The summed E-state index contributed by atoms with van der Waals surface area (Å²) in [5.74, 6) is 0.500. The molecule has 20 heavy (non-hydrogen) atoms. The van der Waals surface area contributed by atoms with Crippen LogP contribution >= 0.6 is 0 Å². The Hall–Kier alpha value is -1.84. The van der Waals surface area contributed by atoms with Crippen molar-refractivity contribution in [3.8, 4) is 0 Å². The monoisotopic (exact) mass is 270 g/mol. The van der Waals surface area contributed by atoms with E-state index in [-0.39, 0.29) is 30.4 Å². The number of fused-ring (bicyclic) bond motifs is 1. The van der Waals surface area contributed by atoms with Gasteiger partial charge in [-0.15, -0.1) is 0 Å². The van der Waals surface area contributed by atoms with Gasteiger partial charge in [0.1, 0.15) is 6.04 Å². The molecular weight excluding hydrogens is 252 g/mol. The summed E-state index contributed by atoms with van der Waals surface area (Å²) in [6, 6.07) is 8.23. The molecule has 1 atom stereocenters. The highest BCUT2D eigenvalue weighted by atomic mass is 16.2. The zero-order valence-corrected chi connectivity index (χ0v) is 11.3. The standard InChI is InChI=1S/C16H18N2O2/c19-14-9-18(16(20)15(17-14)10-5-6-10)13-7-11-3-1-2-4-12(11)8-13/h1-4,10,13,15H,5-9H2,(H,17,19). The molecule has 3 aliphatic rings. The first-order valence-corrected chi connectivity index (χ1v) is 7.39. The van der Waals surface area contributed by atoms with Gasteiger partial charge in [-0.05, 0) is 42.7 Å². The second kappa shape index (κ2) is 4.33. The Bertz CT molecular complexity index is 555. The summed E-state index contributed by atoms with van der Waals surface area (Å²) in [6.45, 7) is 0.223. The van der Waals surface area contributed by atoms with E-state index in [1.165, 1.54) is 11.1 Å². The van der Waals surface area contributed by atoms with Crippen molar-refractivity contribution in [1.82, 2.24) is 10.2 Å². The first-order valence-electron chi connectivity index (χ1n) is 7.39. The molecule has 2 fully saturated rings. The number of piperazine rings is 1. The Morgan fingerprint density at radius 3 is 2.30 bits per heavy atom. The predicted octanol–water partition coefficient (Wildman–Crippen LogP) is 0.891. The van der Waals surface area contributed by atoms with E-state index in [4.69, 9.17) is 0 Å². The van der Waals surface area contributed by atoms with Crippen LogP contribution in [0.25, 0.3) is 0 Å². The molecule has 1 aromatic rings. The average Bonchev–Trinajstić information content (AvgIpc) is 3.19. The van der Waals surface area contributed by atoms with Gasteiger partial charge in [0.15, 0.2) is 0 Å². The number of rotatable bonds is 2. The van der Waals surface area contributed by atoms with Gasteiger partial charge in [-0.1, -0.05) is 24.3 Å². The SMILES string of the molecule is O=C1CN(C2Cc3ccccc3C2)C(=O)C(C2CC2)N1. The van der Waals surface area contributed by atoms with Gasteiger partial charge in [-0.2, -0.15) is 0 Å². The molecule has 104 valence electrons. The Kier molecular flexibility index (Phi) is 2.59. The van der Waals surface area contributed by atoms with Crippen LogP contribution < -0.4 is 5.32 Å². The number of benzene rings is 1. The van der Waals surface area contributed by atoms with Crippen LogP contribution in [-0.2, 0) is 22.4 Å². The number of nitrogens with one attached hydrogen (secondary N) is 1. The van der Waals surface area contributed by atoms with Crippen molar-refractivity contribution in [3.05, 3.63) is 35.4 Å². The van der Waals surface area contributed by atoms with E-state index in [1.807, 2.05) is 17.0 Å². The lowest BCUT2D eigenvalue weighted by molar-refractivity contribution is -0.147. The third-order valence-corrected chi connectivity index (χ3v) is 4.74. The van der Waals surface area contributed by atoms with Crippen LogP contribution in [0.3, 0.4) is 0 Å². The first kappa shape index (κ1) is 11.9. The lowest BCUT2D eigenvalue weighted by Gasteiger charge is -2.36. The van der Waals surface area contributed by atoms with Crippen LogP contribution in [0.1, 0.15) is 24.0 Å². The molecule has 4 rings (SSSR count). The molecule has 0 bridgehead atoms. The molecule has 1 unspecified atom stereocenters. The third-order valence-electron chi connectivity index (χ3n) is 4.74. The van der Waals surface area contributed by atoms with Crippen LogP contribution in [0, 0.1) is 5.92 Å². The van der Waals surface area contributed by atoms with Gasteiger partial charge in [0.2, 0.25) is 11.8 Å². The minimum Gasteiger partial charge on any atom is -0.342 e. The average molecular weight is 270 g/mol. The Labute approximate surface area is 118 Å². The van der Waals surface area contributed by atoms with E-state index < -0.39 is 0 Å². The highest BCUT2D eigenvalue weighted by Gasteiger charge is 2.45. The van der Waals surface area contributed by atoms with Crippen molar-refractivity contribution in [2.24, 2.45) is 5.92 Å². The van der Waals surface area contributed by atoms with Crippen LogP contribution in [-0.4, -0.2) is 35.3 Å². The van der Waals surface area contributed by atoms with Gasteiger partial charge in [0.25, 0.3) is 0 Å². The topological polar surface area (TPSA) is 49.4 Å². The molecule has 1 aromatic carbocycles.